The number of aliphatic hydroxyl groups excluding tert-OH is 1. The lowest BCUT2D eigenvalue weighted by atomic mass is 10.0. The van der Waals surface area contributed by atoms with Crippen LogP contribution in [0.3, 0.4) is 0 Å². The summed E-state index contributed by atoms with van der Waals surface area (Å²) < 4.78 is 10.2. The molecule has 0 radical (unpaired) electrons. The number of carbonyl (C=O) groups is 1. The molecule has 0 aliphatic carbocycles. The van der Waals surface area contributed by atoms with Gasteiger partial charge in [0.05, 0.1) is 38.7 Å². The topological polar surface area (TPSA) is 93.8 Å². The lowest BCUT2D eigenvalue weighted by molar-refractivity contribution is 0.0860. The number of ketones is 1. The summed E-state index contributed by atoms with van der Waals surface area (Å²) in [5.74, 6) is 0.555. The summed E-state index contributed by atoms with van der Waals surface area (Å²) >= 11 is 0. The van der Waals surface area contributed by atoms with Crippen molar-refractivity contribution in [2.45, 2.75) is 19.4 Å². The van der Waals surface area contributed by atoms with Gasteiger partial charge in [-0.15, -0.1) is 0 Å². The smallest absolute Gasteiger partial charge is 0.179 e. The zero-order valence-electron chi connectivity index (χ0n) is 12.6. The molecule has 1 atom stereocenters. The lowest BCUT2D eigenvalue weighted by Crippen LogP contribution is -2.38. The molecule has 1 aromatic carbocycles. The molecule has 1 rings (SSSR count). The van der Waals surface area contributed by atoms with Crippen molar-refractivity contribution in [1.29, 1.82) is 0 Å². The first-order valence-electron chi connectivity index (χ1n) is 7.03. The normalized spacial score (nSPS) is 12.1. The van der Waals surface area contributed by atoms with E-state index in [2.05, 4.69) is 5.32 Å². The number of methoxy groups -OCH3 is 1. The Morgan fingerprint density at radius 1 is 1.43 bits per heavy atom. The van der Waals surface area contributed by atoms with Crippen LogP contribution in [0.15, 0.2) is 18.2 Å². The van der Waals surface area contributed by atoms with Crippen LogP contribution in [0, 0.1) is 0 Å². The van der Waals surface area contributed by atoms with E-state index in [1.807, 2.05) is 6.92 Å². The molecule has 6 heteroatoms. The van der Waals surface area contributed by atoms with Gasteiger partial charge in [0.2, 0.25) is 0 Å². The van der Waals surface area contributed by atoms with E-state index in [9.17, 15) is 4.79 Å². The summed E-state index contributed by atoms with van der Waals surface area (Å²) in [7, 11) is 1.54. The van der Waals surface area contributed by atoms with E-state index in [4.69, 9.17) is 20.3 Å². The maximum atomic E-state index is 12.4. The Morgan fingerprint density at radius 3 is 2.76 bits per heavy atom. The average Bonchev–Trinajstić information content (AvgIpc) is 2.50. The molecule has 1 unspecified atom stereocenters. The molecular weight excluding hydrogens is 272 g/mol. The van der Waals surface area contributed by atoms with Gasteiger partial charge < -0.3 is 25.6 Å². The molecule has 0 aromatic heterocycles. The fraction of sp³-hybridized carbons (Fsp3) is 0.533. The van der Waals surface area contributed by atoms with Crippen LogP contribution in [-0.2, 0) is 4.74 Å². The predicted molar refractivity (Wildman–Crippen MR) is 81.7 cm³/mol. The third kappa shape index (κ3) is 5.34. The van der Waals surface area contributed by atoms with Crippen molar-refractivity contribution in [3.05, 3.63) is 23.8 Å². The van der Waals surface area contributed by atoms with Crippen LogP contribution in [0.4, 0.5) is 5.69 Å². The van der Waals surface area contributed by atoms with Gasteiger partial charge >= 0.3 is 0 Å². The van der Waals surface area contributed by atoms with E-state index in [0.717, 1.165) is 0 Å². The molecule has 0 fully saturated rings. The van der Waals surface area contributed by atoms with E-state index < -0.39 is 0 Å². The highest BCUT2D eigenvalue weighted by molar-refractivity contribution is 6.01. The van der Waals surface area contributed by atoms with E-state index >= 15 is 0 Å². The molecule has 118 valence electrons. The van der Waals surface area contributed by atoms with Gasteiger partial charge in [0.15, 0.2) is 5.78 Å². The molecule has 6 nitrogen and oxygen atoms in total. The highest BCUT2D eigenvalue weighted by Gasteiger charge is 2.18. The second-order valence-electron chi connectivity index (χ2n) is 4.57. The van der Waals surface area contributed by atoms with Crippen LogP contribution in [0.2, 0.25) is 0 Å². The monoisotopic (exact) mass is 296 g/mol. The molecular formula is C15H24N2O4. The molecule has 0 aliphatic heterocycles. The van der Waals surface area contributed by atoms with Crippen molar-refractivity contribution in [2.75, 3.05) is 39.2 Å². The molecule has 0 saturated heterocycles. The summed E-state index contributed by atoms with van der Waals surface area (Å²) in [6.45, 7) is 3.25. The molecule has 0 amide bonds. The minimum Gasteiger partial charge on any atom is -0.495 e. The van der Waals surface area contributed by atoms with Gasteiger partial charge in [-0.3, -0.25) is 4.79 Å². The van der Waals surface area contributed by atoms with Gasteiger partial charge in [0.1, 0.15) is 5.75 Å². The molecule has 21 heavy (non-hydrogen) atoms. The average molecular weight is 296 g/mol. The maximum absolute atomic E-state index is 12.4. The van der Waals surface area contributed by atoms with E-state index in [1.165, 1.54) is 7.11 Å². The first-order chi connectivity index (χ1) is 10.1. The molecule has 4 N–H and O–H groups in total. The standard InChI is InChI=1S/C15H24N2O4/c1-3-13(17-6-8-21-9-7-18)15(19)11-4-5-14(20-2)12(16)10-11/h4-5,10,13,17-18H,3,6-9,16H2,1-2H3. The summed E-state index contributed by atoms with van der Waals surface area (Å²) in [6, 6.07) is 4.76. The Morgan fingerprint density at radius 2 is 2.19 bits per heavy atom. The quantitative estimate of drug-likeness (QED) is 0.336. The van der Waals surface area contributed by atoms with Crippen LogP contribution in [0.25, 0.3) is 0 Å². The van der Waals surface area contributed by atoms with Crippen molar-refractivity contribution < 1.29 is 19.4 Å². The lowest BCUT2D eigenvalue weighted by Gasteiger charge is -2.16. The third-order valence-electron chi connectivity index (χ3n) is 3.11. The van der Waals surface area contributed by atoms with Gasteiger partial charge in [-0.1, -0.05) is 6.92 Å². The summed E-state index contributed by atoms with van der Waals surface area (Å²) in [4.78, 5) is 12.4. The van der Waals surface area contributed by atoms with Crippen LogP contribution < -0.4 is 15.8 Å². The summed E-state index contributed by atoms with van der Waals surface area (Å²) in [6.07, 6.45) is 0.671. The molecule has 1 aromatic rings. The van der Waals surface area contributed by atoms with Crippen molar-refractivity contribution in [2.24, 2.45) is 0 Å². The third-order valence-corrected chi connectivity index (χ3v) is 3.11. The Hall–Kier alpha value is -1.63. The first kappa shape index (κ1) is 17.4. The minimum absolute atomic E-state index is 0.00125. The van der Waals surface area contributed by atoms with Crippen molar-refractivity contribution in [3.8, 4) is 5.75 Å². The van der Waals surface area contributed by atoms with Crippen molar-refractivity contribution >= 4 is 11.5 Å². The Balaban J connectivity index is 2.59. The van der Waals surface area contributed by atoms with Gasteiger partial charge in [-0.05, 0) is 24.6 Å². The fourth-order valence-electron chi connectivity index (χ4n) is 1.98. The number of carbonyl (C=O) groups excluding carboxylic acids is 1. The number of nitrogens with one attached hydrogen (secondary N) is 1. The Bertz CT molecular complexity index is 451. The number of Topliss-reactive ketones (excluding diaryl/α,β-unsaturated/α-hetero) is 1. The molecule has 0 spiro atoms. The molecule has 0 aliphatic rings. The van der Waals surface area contributed by atoms with Crippen LogP contribution in [-0.4, -0.2) is 50.4 Å². The fourth-order valence-corrected chi connectivity index (χ4v) is 1.98. The van der Waals surface area contributed by atoms with Gasteiger partial charge in [-0.2, -0.15) is 0 Å². The molecule has 0 heterocycles. The van der Waals surface area contributed by atoms with Crippen LogP contribution in [0.1, 0.15) is 23.7 Å². The largest absolute Gasteiger partial charge is 0.495 e. The summed E-state index contributed by atoms with van der Waals surface area (Å²) in [5.41, 5.74) is 6.83. The number of nitrogen functional groups attached to an aromatic ring is 1. The van der Waals surface area contributed by atoms with E-state index in [-0.39, 0.29) is 18.4 Å². The van der Waals surface area contributed by atoms with Crippen LogP contribution >= 0.6 is 0 Å². The predicted octanol–water partition coefficient (Wildman–Crippen LogP) is 0.837. The number of hydrogen-bond acceptors (Lipinski definition) is 6. The number of hydrogen-bond donors (Lipinski definition) is 3. The minimum atomic E-state index is -0.282. The number of aliphatic hydroxyl groups is 1. The second-order valence-corrected chi connectivity index (χ2v) is 4.57. The highest BCUT2D eigenvalue weighted by atomic mass is 16.5. The number of rotatable bonds is 10. The molecule has 0 saturated carbocycles. The van der Waals surface area contributed by atoms with E-state index in [1.54, 1.807) is 18.2 Å². The number of anilines is 1. The zero-order valence-corrected chi connectivity index (χ0v) is 12.6. The van der Waals surface area contributed by atoms with Gasteiger partial charge in [0.25, 0.3) is 0 Å². The number of benzene rings is 1. The van der Waals surface area contributed by atoms with Gasteiger partial charge in [-0.25, -0.2) is 0 Å². The van der Waals surface area contributed by atoms with Crippen LogP contribution in [0.5, 0.6) is 5.75 Å². The first-order valence-corrected chi connectivity index (χ1v) is 7.03. The number of nitrogens with two attached hydrogens (primary N) is 1. The van der Waals surface area contributed by atoms with Gasteiger partial charge in [0, 0.05) is 12.1 Å². The Labute approximate surface area is 125 Å². The maximum Gasteiger partial charge on any atom is 0.179 e. The SMILES string of the molecule is CCC(NCCOCCO)C(=O)c1ccc(OC)c(N)c1. The van der Waals surface area contributed by atoms with Crippen molar-refractivity contribution in [1.82, 2.24) is 5.32 Å². The number of ether oxygens (including phenoxy) is 2. The summed E-state index contributed by atoms with van der Waals surface area (Å²) in [5, 5.41) is 11.8. The molecule has 0 bridgehead atoms. The second kappa shape index (κ2) is 9.33. The van der Waals surface area contributed by atoms with Crippen molar-refractivity contribution in [3.63, 3.8) is 0 Å². The Kier molecular flexibility index (Phi) is 7.74. The zero-order chi connectivity index (χ0) is 15.7. The van der Waals surface area contributed by atoms with E-state index in [0.29, 0.717) is 43.2 Å². The highest BCUT2D eigenvalue weighted by Crippen LogP contribution is 2.22.